The van der Waals surface area contributed by atoms with E-state index in [1.54, 1.807) is 4.90 Å². The number of nitrogens with zero attached hydrogens (tertiary/aromatic N) is 2. The number of likely N-dealkylation sites (tertiary alicyclic amines) is 1. The zero-order chi connectivity index (χ0) is 24.8. The number of sulfonamides is 1. The Morgan fingerprint density at radius 2 is 1.63 bits per heavy atom. The van der Waals surface area contributed by atoms with Crippen molar-refractivity contribution in [3.63, 3.8) is 0 Å². The van der Waals surface area contributed by atoms with E-state index in [4.69, 9.17) is 4.74 Å². The van der Waals surface area contributed by atoms with E-state index in [2.05, 4.69) is 0 Å². The molecule has 0 spiro atoms. The molecule has 2 fully saturated rings. The standard InChI is InChI=1S/C26H30N2O6S/c29-24(21-9-11-23(12-10-21)35(32,33)28-14-5-2-6-15-28)19-34-26(31)22-17-25(30)27(18-22)16-13-20-7-3-1-4-8-20/h1,3-4,7-12,22H,2,5-6,13-19H2/t22-/m1/s1. The van der Waals surface area contributed by atoms with Crippen molar-refractivity contribution in [3.8, 4) is 0 Å². The van der Waals surface area contributed by atoms with E-state index in [1.165, 1.54) is 28.6 Å². The second kappa shape index (κ2) is 11.1. The van der Waals surface area contributed by atoms with Crippen molar-refractivity contribution >= 4 is 27.7 Å². The molecule has 2 aromatic rings. The Hall–Kier alpha value is -3.04. The molecule has 0 bridgehead atoms. The van der Waals surface area contributed by atoms with Crippen LogP contribution in [0.2, 0.25) is 0 Å². The first-order valence-electron chi connectivity index (χ1n) is 12.0. The van der Waals surface area contributed by atoms with E-state index in [-0.39, 0.29) is 29.3 Å². The molecule has 2 aliphatic rings. The number of amides is 1. The number of carbonyl (C=O) groups is 3. The number of rotatable bonds is 9. The number of esters is 1. The fraction of sp³-hybridized carbons (Fsp3) is 0.423. The number of Topliss-reactive ketones (excluding diaryl/α,β-unsaturated/α-hetero) is 1. The van der Waals surface area contributed by atoms with Gasteiger partial charge in [0.25, 0.3) is 0 Å². The highest BCUT2D eigenvalue weighted by atomic mass is 32.2. The molecule has 2 saturated heterocycles. The van der Waals surface area contributed by atoms with Gasteiger partial charge in [-0.15, -0.1) is 0 Å². The van der Waals surface area contributed by atoms with Crippen molar-refractivity contribution < 1.29 is 27.5 Å². The summed E-state index contributed by atoms with van der Waals surface area (Å²) >= 11 is 0. The summed E-state index contributed by atoms with van der Waals surface area (Å²) in [4.78, 5) is 39.1. The molecule has 0 radical (unpaired) electrons. The highest BCUT2D eigenvalue weighted by molar-refractivity contribution is 7.89. The van der Waals surface area contributed by atoms with Crippen LogP contribution in [0.15, 0.2) is 59.5 Å². The highest BCUT2D eigenvalue weighted by Gasteiger charge is 2.35. The Kier molecular flexibility index (Phi) is 7.97. The number of ketones is 1. The largest absolute Gasteiger partial charge is 0.457 e. The van der Waals surface area contributed by atoms with Crippen LogP contribution in [0, 0.1) is 5.92 Å². The molecule has 35 heavy (non-hydrogen) atoms. The number of piperidine rings is 1. The smallest absolute Gasteiger partial charge is 0.311 e. The molecule has 0 unspecified atom stereocenters. The third-order valence-corrected chi connectivity index (χ3v) is 8.45. The predicted molar refractivity (Wildman–Crippen MR) is 129 cm³/mol. The molecule has 0 N–H and O–H groups in total. The van der Waals surface area contributed by atoms with Crippen LogP contribution >= 0.6 is 0 Å². The Bertz CT molecular complexity index is 1160. The van der Waals surface area contributed by atoms with Crippen molar-refractivity contribution in [2.75, 3.05) is 32.8 Å². The minimum Gasteiger partial charge on any atom is -0.457 e. The third kappa shape index (κ3) is 6.15. The molecule has 2 heterocycles. The van der Waals surface area contributed by atoms with Gasteiger partial charge in [0.05, 0.1) is 10.8 Å². The maximum Gasteiger partial charge on any atom is 0.311 e. The third-order valence-electron chi connectivity index (χ3n) is 6.54. The second-order valence-electron chi connectivity index (χ2n) is 9.00. The molecule has 0 aliphatic carbocycles. The number of hydrogen-bond donors (Lipinski definition) is 0. The van der Waals surface area contributed by atoms with Gasteiger partial charge in [-0.3, -0.25) is 14.4 Å². The maximum atomic E-state index is 12.8. The number of hydrogen-bond acceptors (Lipinski definition) is 6. The van der Waals surface area contributed by atoms with Gasteiger partial charge in [0.1, 0.15) is 0 Å². The van der Waals surface area contributed by atoms with Gasteiger partial charge in [-0.05, 0) is 49.1 Å². The summed E-state index contributed by atoms with van der Waals surface area (Å²) in [5, 5.41) is 0. The Balaban J connectivity index is 1.26. The summed E-state index contributed by atoms with van der Waals surface area (Å²) in [7, 11) is -3.57. The average Bonchev–Trinajstić information content (AvgIpc) is 3.27. The molecular weight excluding hydrogens is 468 g/mol. The SMILES string of the molecule is O=C(COC(=O)[C@@H]1CC(=O)N(CCc2ccccc2)C1)c1ccc(S(=O)(=O)N2CCCCC2)cc1. The van der Waals surface area contributed by atoms with Crippen LogP contribution in [0.3, 0.4) is 0 Å². The van der Waals surface area contributed by atoms with Crippen molar-refractivity contribution in [2.45, 2.75) is 37.0 Å². The van der Waals surface area contributed by atoms with E-state index in [0.29, 0.717) is 26.1 Å². The average molecular weight is 499 g/mol. The fourth-order valence-corrected chi connectivity index (χ4v) is 5.98. The van der Waals surface area contributed by atoms with E-state index in [1.807, 2.05) is 30.3 Å². The van der Waals surface area contributed by atoms with Crippen molar-refractivity contribution in [2.24, 2.45) is 5.92 Å². The minimum atomic E-state index is -3.57. The number of ether oxygens (including phenoxy) is 1. The van der Waals surface area contributed by atoms with E-state index < -0.39 is 34.3 Å². The van der Waals surface area contributed by atoms with Gasteiger partial charge in [0.15, 0.2) is 12.4 Å². The van der Waals surface area contributed by atoms with Crippen molar-refractivity contribution in [1.82, 2.24) is 9.21 Å². The van der Waals surface area contributed by atoms with Gasteiger partial charge < -0.3 is 9.64 Å². The Morgan fingerprint density at radius 1 is 0.943 bits per heavy atom. The van der Waals surface area contributed by atoms with Crippen molar-refractivity contribution in [1.29, 1.82) is 0 Å². The summed E-state index contributed by atoms with van der Waals surface area (Å²) in [6, 6.07) is 15.5. The lowest BCUT2D eigenvalue weighted by molar-refractivity contribution is -0.147. The Morgan fingerprint density at radius 3 is 2.31 bits per heavy atom. The van der Waals surface area contributed by atoms with Crippen LogP contribution in [0.1, 0.15) is 41.6 Å². The number of carbonyl (C=O) groups excluding carboxylic acids is 3. The van der Waals surface area contributed by atoms with E-state index in [9.17, 15) is 22.8 Å². The topological polar surface area (TPSA) is 101 Å². The molecule has 9 heteroatoms. The summed E-state index contributed by atoms with van der Waals surface area (Å²) in [6.07, 6.45) is 3.50. The zero-order valence-electron chi connectivity index (χ0n) is 19.6. The summed E-state index contributed by atoms with van der Waals surface area (Å²) in [5.41, 5.74) is 1.38. The molecule has 1 amide bonds. The van der Waals surface area contributed by atoms with Gasteiger partial charge in [0.2, 0.25) is 15.9 Å². The minimum absolute atomic E-state index is 0.0743. The lowest BCUT2D eigenvalue weighted by atomic mass is 10.1. The van der Waals surface area contributed by atoms with Crippen LogP contribution in [0.25, 0.3) is 0 Å². The highest BCUT2D eigenvalue weighted by Crippen LogP contribution is 2.22. The Labute approximate surface area is 205 Å². The summed E-state index contributed by atoms with van der Waals surface area (Å²) in [5.74, 6) is -1.69. The monoisotopic (exact) mass is 498 g/mol. The van der Waals surface area contributed by atoms with Crippen LogP contribution in [0.5, 0.6) is 0 Å². The van der Waals surface area contributed by atoms with Gasteiger partial charge in [-0.25, -0.2) is 8.42 Å². The quantitative estimate of drug-likeness (QED) is 0.389. The molecule has 8 nitrogen and oxygen atoms in total. The molecular formula is C26H30N2O6S. The lowest BCUT2D eigenvalue weighted by Crippen LogP contribution is -2.35. The molecule has 2 aromatic carbocycles. The van der Waals surface area contributed by atoms with Crippen LogP contribution in [-0.2, 0) is 30.8 Å². The second-order valence-corrected chi connectivity index (χ2v) is 10.9. The van der Waals surface area contributed by atoms with Crippen molar-refractivity contribution in [3.05, 3.63) is 65.7 Å². The molecule has 2 aliphatic heterocycles. The first-order chi connectivity index (χ1) is 16.8. The van der Waals surface area contributed by atoms with E-state index in [0.717, 1.165) is 24.8 Å². The van der Waals surface area contributed by atoms with Gasteiger partial charge in [-0.2, -0.15) is 4.31 Å². The van der Waals surface area contributed by atoms with E-state index >= 15 is 0 Å². The number of benzene rings is 2. The van der Waals surface area contributed by atoms with Crippen LogP contribution in [0.4, 0.5) is 0 Å². The zero-order valence-corrected chi connectivity index (χ0v) is 20.4. The predicted octanol–water partition coefficient (Wildman–Crippen LogP) is 2.68. The molecule has 0 saturated carbocycles. The van der Waals surface area contributed by atoms with Gasteiger partial charge in [0, 0.05) is 38.2 Å². The molecule has 1 atom stereocenters. The lowest BCUT2D eigenvalue weighted by Gasteiger charge is -2.25. The maximum absolute atomic E-state index is 12.8. The molecule has 4 rings (SSSR count). The first-order valence-corrected chi connectivity index (χ1v) is 13.4. The first kappa shape index (κ1) is 25.1. The van der Waals surface area contributed by atoms with Crippen LogP contribution < -0.4 is 0 Å². The summed E-state index contributed by atoms with van der Waals surface area (Å²) in [6.45, 7) is 1.37. The molecule has 186 valence electrons. The van der Waals surface area contributed by atoms with Gasteiger partial charge in [-0.1, -0.05) is 36.8 Å². The normalized spacial score (nSPS) is 19.0. The molecule has 0 aromatic heterocycles. The van der Waals surface area contributed by atoms with Crippen LogP contribution in [-0.4, -0.2) is 68.1 Å². The summed E-state index contributed by atoms with van der Waals surface area (Å²) < 4.78 is 32.2. The van der Waals surface area contributed by atoms with Gasteiger partial charge >= 0.3 is 5.97 Å². The fourth-order valence-electron chi connectivity index (χ4n) is 4.46.